The van der Waals surface area contributed by atoms with E-state index in [0.717, 1.165) is 0 Å². The van der Waals surface area contributed by atoms with Gasteiger partial charge in [0.2, 0.25) is 0 Å². The van der Waals surface area contributed by atoms with Crippen LogP contribution in [-0.4, -0.2) is 28.6 Å². The lowest BCUT2D eigenvalue weighted by Gasteiger charge is -2.08. The van der Waals surface area contributed by atoms with Crippen molar-refractivity contribution in [2.24, 2.45) is 0 Å². The second-order valence-electron chi connectivity index (χ2n) is 2.66. The van der Waals surface area contributed by atoms with Gasteiger partial charge < -0.3 is 15.4 Å². The van der Waals surface area contributed by atoms with Crippen LogP contribution in [0.2, 0.25) is 0 Å². The summed E-state index contributed by atoms with van der Waals surface area (Å²) in [6.07, 6.45) is 3.29. The molecule has 1 rings (SSSR count). The van der Waals surface area contributed by atoms with Crippen LogP contribution in [0, 0.1) is 0 Å². The van der Waals surface area contributed by atoms with Crippen molar-refractivity contribution < 1.29 is 9.90 Å². The minimum absolute atomic E-state index is 0.0455. The van der Waals surface area contributed by atoms with Crippen LogP contribution in [0.1, 0.15) is 17.3 Å². The SMILES string of the molecule is CC(CO)NC(=O)c1cc[nH]c1. The molecule has 1 aromatic heterocycles. The van der Waals surface area contributed by atoms with Gasteiger partial charge in [-0.2, -0.15) is 0 Å². The van der Waals surface area contributed by atoms with Crippen molar-refractivity contribution in [1.82, 2.24) is 10.3 Å². The maximum Gasteiger partial charge on any atom is 0.253 e. The highest BCUT2D eigenvalue weighted by Crippen LogP contribution is 1.96. The number of hydrogen-bond acceptors (Lipinski definition) is 2. The Balaban J connectivity index is 2.50. The number of nitrogens with one attached hydrogen (secondary N) is 2. The highest BCUT2D eigenvalue weighted by Gasteiger charge is 2.07. The first-order chi connectivity index (χ1) is 5.74. The first kappa shape index (κ1) is 8.80. The molecule has 0 bridgehead atoms. The third kappa shape index (κ3) is 2.10. The number of aromatic amines is 1. The molecule has 1 atom stereocenters. The highest BCUT2D eigenvalue weighted by molar-refractivity contribution is 5.94. The Kier molecular flexibility index (Phi) is 2.88. The minimum atomic E-state index is -0.201. The van der Waals surface area contributed by atoms with Gasteiger partial charge in [0, 0.05) is 18.4 Å². The molecule has 0 saturated carbocycles. The number of aromatic nitrogens is 1. The molecule has 4 nitrogen and oxygen atoms in total. The predicted molar refractivity (Wildman–Crippen MR) is 44.8 cm³/mol. The Morgan fingerprint density at radius 2 is 2.58 bits per heavy atom. The second-order valence-corrected chi connectivity index (χ2v) is 2.66. The summed E-state index contributed by atoms with van der Waals surface area (Å²) in [6.45, 7) is 1.70. The number of rotatable bonds is 3. The van der Waals surface area contributed by atoms with Gasteiger partial charge in [0.15, 0.2) is 0 Å². The molecular formula is C8H12N2O2. The van der Waals surface area contributed by atoms with Gasteiger partial charge in [-0.25, -0.2) is 0 Å². The monoisotopic (exact) mass is 168 g/mol. The van der Waals surface area contributed by atoms with Crippen LogP contribution in [0.15, 0.2) is 18.5 Å². The van der Waals surface area contributed by atoms with Crippen molar-refractivity contribution in [3.05, 3.63) is 24.0 Å². The second kappa shape index (κ2) is 3.92. The van der Waals surface area contributed by atoms with Crippen molar-refractivity contribution in [3.8, 4) is 0 Å². The third-order valence-electron chi connectivity index (χ3n) is 1.51. The smallest absolute Gasteiger partial charge is 0.253 e. The van der Waals surface area contributed by atoms with E-state index in [2.05, 4.69) is 10.3 Å². The summed E-state index contributed by atoms with van der Waals surface area (Å²) in [5.74, 6) is -0.169. The molecule has 3 N–H and O–H groups in total. The number of amides is 1. The molecule has 0 aliphatic rings. The topological polar surface area (TPSA) is 65.1 Å². The molecule has 1 aromatic rings. The summed E-state index contributed by atoms with van der Waals surface area (Å²) in [4.78, 5) is 14.0. The number of aliphatic hydroxyl groups is 1. The molecule has 4 heteroatoms. The molecule has 0 spiro atoms. The van der Waals surface area contributed by atoms with Crippen LogP contribution in [0.25, 0.3) is 0 Å². The summed E-state index contributed by atoms with van der Waals surface area (Å²) in [5.41, 5.74) is 0.579. The molecule has 0 aliphatic heterocycles. The first-order valence-electron chi connectivity index (χ1n) is 3.78. The normalized spacial score (nSPS) is 12.5. The first-order valence-corrected chi connectivity index (χ1v) is 3.78. The standard InChI is InChI=1S/C8H12N2O2/c1-6(5-11)10-8(12)7-2-3-9-4-7/h2-4,6,9,11H,5H2,1H3,(H,10,12). The average molecular weight is 168 g/mol. The zero-order chi connectivity index (χ0) is 8.97. The maximum atomic E-state index is 11.2. The fraction of sp³-hybridized carbons (Fsp3) is 0.375. The maximum absolute atomic E-state index is 11.2. The Morgan fingerprint density at radius 3 is 3.08 bits per heavy atom. The van der Waals surface area contributed by atoms with E-state index in [1.54, 1.807) is 25.4 Å². The summed E-state index contributed by atoms with van der Waals surface area (Å²) < 4.78 is 0. The summed E-state index contributed by atoms with van der Waals surface area (Å²) in [7, 11) is 0. The van der Waals surface area contributed by atoms with Gasteiger partial charge >= 0.3 is 0 Å². The molecule has 66 valence electrons. The van der Waals surface area contributed by atoms with Gasteiger partial charge in [-0.1, -0.05) is 0 Å². The van der Waals surface area contributed by atoms with Crippen molar-refractivity contribution in [3.63, 3.8) is 0 Å². The van der Waals surface area contributed by atoms with Crippen LogP contribution < -0.4 is 5.32 Å². The van der Waals surface area contributed by atoms with E-state index in [4.69, 9.17) is 5.11 Å². The van der Waals surface area contributed by atoms with Gasteiger partial charge in [0.05, 0.1) is 12.2 Å². The number of hydrogen-bond donors (Lipinski definition) is 3. The Morgan fingerprint density at radius 1 is 1.83 bits per heavy atom. The van der Waals surface area contributed by atoms with Gasteiger partial charge in [-0.15, -0.1) is 0 Å². The van der Waals surface area contributed by atoms with E-state index in [9.17, 15) is 4.79 Å². The van der Waals surface area contributed by atoms with Crippen molar-refractivity contribution in [2.75, 3.05) is 6.61 Å². The fourth-order valence-corrected chi connectivity index (χ4v) is 0.818. The van der Waals surface area contributed by atoms with E-state index in [0.29, 0.717) is 5.56 Å². The van der Waals surface area contributed by atoms with Crippen LogP contribution in [0.5, 0.6) is 0 Å². The Bertz CT molecular complexity index is 244. The molecule has 1 amide bonds. The zero-order valence-corrected chi connectivity index (χ0v) is 6.87. The van der Waals surface area contributed by atoms with Gasteiger partial charge in [0.25, 0.3) is 5.91 Å². The van der Waals surface area contributed by atoms with Gasteiger partial charge in [-0.05, 0) is 13.0 Å². The van der Waals surface area contributed by atoms with E-state index in [1.807, 2.05) is 0 Å². The van der Waals surface area contributed by atoms with Crippen LogP contribution in [0.4, 0.5) is 0 Å². The third-order valence-corrected chi connectivity index (χ3v) is 1.51. The Labute approximate surface area is 70.6 Å². The molecule has 1 heterocycles. The summed E-state index contributed by atoms with van der Waals surface area (Å²) in [5, 5.41) is 11.3. The lowest BCUT2D eigenvalue weighted by Crippen LogP contribution is -2.34. The summed E-state index contributed by atoms with van der Waals surface area (Å²) >= 11 is 0. The fourth-order valence-electron chi connectivity index (χ4n) is 0.818. The molecule has 0 fully saturated rings. The predicted octanol–water partition coefficient (Wildman–Crippen LogP) is 0.125. The Hall–Kier alpha value is -1.29. The number of H-pyrrole nitrogens is 1. The van der Waals surface area contributed by atoms with Gasteiger partial charge in [-0.3, -0.25) is 4.79 Å². The number of aliphatic hydroxyl groups excluding tert-OH is 1. The summed E-state index contributed by atoms with van der Waals surface area (Å²) in [6, 6.07) is 1.48. The zero-order valence-electron chi connectivity index (χ0n) is 6.87. The van der Waals surface area contributed by atoms with Gasteiger partial charge in [0.1, 0.15) is 0 Å². The lowest BCUT2D eigenvalue weighted by atomic mass is 10.3. The van der Waals surface area contributed by atoms with Crippen LogP contribution >= 0.6 is 0 Å². The molecule has 0 radical (unpaired) electrons. The lowest BCUT2D eigenvalue weighted by molar-refractivity contribution is 0.0922. The van der Waals surface area contributed by atoms with E-state index >= 15 is 0 Å². The molecule has 0 saturated heterocycles. The average Bonchev–Trinajstić information content (AvgIpc) is 2.56. The van der Waals surface area contributed by atoms with Crippen molar-refractivity contribution >= 4 is 5.91 Å². The van der Waals surface area contributed by atoms with Crippen molar-refractivity contribution in [2.45, 2.75) is 13.0 Å². The van der Waals surface area contributed by atoms with E-state index in [-0.39, 0.29) is 18.6 Å². The van der Waals surface area contributed by atoms with E-state index < -0.39 is 0 Å². The molecule has 0 aliphatic carbocycles. The minimum Gasteiger partial charge on any atom is -0.394 e. The van der Waals surface area contributed by atoms with Crippen LogP contribution in [-0.2, 0) is 0 Å². The number of carbonyl (C=O) groups excluding carboxylic acids is 1. The highest BCUT2D eigenvalue weighted by atomic mass is 16.3. The van der Waals surface area contributed by atoms with Crippen molar-refractivity contribution in [1.29, 1.82) is 0 Å². The molecule has 1 unspecified atom stereocenters. The van der Waals surface area contributed by atoms with Crippen LogP contribution in [0.3, 0.4) is 0 Å². The quantitative estimate of drug-likeness (QED) is 0.600. The largest absolute Gasteiger partial charge is 0.394 e. The molecule has 0 aromatic carbocycles. The molecule has 12 heavy (non-hydrogen) atoms. The van der Waals surface area contributed by atoms with E-state index in [1.165, 1.54) is 0 Å². The molecular weight excluding hydrogens is 156 g/mol. The number of carbonyl (C=O) groups is 1.